The maximum absolute atomic E-state index is 12.9. The first-order valence-corrected chi connectivity index (χ1v) is 7.25. The van der Waals surface area contributed by atoms with E-state index in [1.165, 1.54) is 0 Å². The lowest BCUT2D eigenvalue weighted by molar-refractivity contribution is 0.490. The van der Waals surface area contributed by atoms with Crippen LogP contribution >= 0.6 is 0 Å². The number of aromatic nitrogens is 3. The molecule has 0 radical (unpaired) electrons. The monoisotopic (exact) mass is 287 g/mol. The second kappa shape index (κ2) is 5.31. The third-order valence-corrected chi connectivity index (χ3v) is 4.04. The standard InChI is InChI=1S/C16H18FN3O/c1-3-10(2)14-11(8-9-17)15(21)20-13-7-5-4-6-12(13)18-16(20)19-14/h4-7,10H,3,8-9H2,1-2H3,(H,18,19). The van der Waals surface area contributed by atoms with E-state index < -0.39 is 6.67 Å². The van der Waals surface area contributed by atoms with E-state index in [1.807, 2.05) is 31.2 Å². The minimum absolute atomic E-state index is 0.136. The molecular weight excluding hydrogens is 269 g/mol. The van der Waals surface area contributed by atoms with E-state index in [1.54, 1.807) is 4.40 Å². The minimum atomic E-state index is -0.537. The molecule has 0 saturated carbocycles. The van der Waals surface area contributed by atoms with Crippen LogP contribution < -0.4 is 5.56 Å². The number of aromatic amines is 1. The molecule has 1 atom stereocenters. The summed E-state index contributed by atoms with van der Waals surface area (Å²) in [6.07, 6.45) is 1.02. The fourth-order valence-corrected chi connectivity index (χ4v) is 2.72. The summed E-state index contributed by atoms with van der Waals surface area (Å²) in [7, 11) is 0. The van der Waals surface area contributed by atoms with E-state index in [2.05, 4.69) is 16.9 Å². The fraction of sp³-hybridized carbons (Fsp3) is 0.375. The van der Waals surface area contributed by atoms with Crippen LogP contribution in [0.2, 0.25) is 0 Å². The van der Waals surface area contributed by atoms with Gasteiger partial charge in [-0.2, -0.15) is 0 Å². The number of alkyl halides is 1. The molecule has 5 heteroatoms. The number of hydrogen-bond donors (Lipinski definition) is 1. The van der Waals surface area contributed by atoms with Crippen molar-refractivity contribution in [1.82, 2.24) is 14.4 Å². The van der Waals surface area contributed by atoms with Crippen LogP contribution in [-0.4, -0.2) is 21.0 Å². The lowest BCUT2D eigenvalue weighted by Crippen LogP contribution is -2.23. The first kappa shape index (κ1) is 13.8. The Morgan fingerprint density at radius 1 is 1.38 bits per heavy atom. The molecule has 3 rings (SSSR count). The molecule has 110 valence electrons. The van der Waals surface area contributed by atoms with Crippen molar-refractivity contribution in [2.75, 3.05) is 6.67 Å². The molecule has 0 aliphatic carbocycles. The quantitative estimate of drug-likeness (QED) is 0.801. The van der Waals surface area contributed by atoms with Crippen molar-refractivity contribution in [1.29, 1.82) is 0 Å². The second-order valence-electron chi connectivity index (χ2n) is 5.33. The second-order valence-corrected chi connectivity index (χ2v) is 5.33. The zero-order valence-corrected chi connectivity index (χ0v) is 12.2. The molecule has 1 unspecified atom stereocenters. The molecule has 1 N–H and O–H groups in total. The number of hydrogen-bond acceptors (Lipinski definition) is 2. The number of nitrogens with one attached hydrogen (secondary N) is 1. The zero-order chi connectivity index (χ0) is 15.0. The summed E-state index contributed by atoms with van der Waals surface area (Å²) in [5, 5.41) is 0. The highest BCUT2D eigenvalue weighted by atomic mass is 19.1. The third kappa shape index (κ3) is 2.13. The van der Waals surface area contributed by atoms with Crippen LogP contribution in [0.15, 0.2) is 29.1 Å². The molecule has 0 saturated heterocycles. The summed E-state index contributed by atoms with van der Waals surface area (Å²) in [6, 6.07) is 7.48. The van der Waals surface area contributed by atoms with Crippen LogP contribution in [-0.2, 0) is 6.42 Å². The first-order chi connectivity index (χ1) is 10.2. The maximum atomic E-state index is 12.9. The maximum Gasteiger partial charge on any atom is 0.263 e. The number of rotatable bonds is 4. The van der Waals surface area contributed by atoms with Gasteiger partial charge in [0.25, 0.3) is 5.56 Å². The molecule has 2 aromatic heterocycles. The molecule has 3 aromatic rings. The van der Waals surface area contributed by atoms with Crippen molar-refractivity contribution in [3.63, 3.8) is 0 Å². The van der Waals surface area contributed by atoms with Crippen molar-refractivity contribution in [2.24, 2.45) is 0 Å². The summed E-state index contributed by atoms with van der Waals surface area (Å²) in [4.78, 5) is 20.5. The Morgan fingerprint density at radius 3 is 2.86 bits per heavy atom. The predicted molar refractivity (Wildman–Crippen MR) is 81.7 cm³/mol. The highest BCUT2D eigenvalue weighted by Crippen LogP contribution is 2.21. The van der Waals surface area contributed by atoms with Gasteiger partial charge >= 0.3 is 0 Å². The van der Waals surface area contributed by atoms with E-state index in [4.69, 9.17) is 0 Å². The first-order valence-electron chi connectivity index (χ1n) is 7.25. The van der Waals surface area contributed by atoms with Crippen molar-refractivity contribution in [3.8, 4) is 0 Å². The Hall–Kier alpha value is -2.17. The average Bonchev–Trinajstić information content (AvgIpc) is 2.87. The van der Waals surface area contributed by atoms with Crippen molar-refractivity contribution in [2.45, 2.75) is 32.6 Å². The van der Waals surface area contributed by atoms with Crippen LogP contribution in [0.1, 0.15) is 37.4 Å². The van der Waals surface area contributed by atoms with Crippen LogP contribution in [0.25, 0.3) is 16.8 Å². The van der Waals surface area contributed by atoms with E-state index in [0.717, 1.165) is 23.1 Å². The Balaban J connectivity index is 2.41. The van der Waals surface area contributed by atoms with Gasteiger partial charge in [-0.05, 0) is 24.5 Å². The van der Waals surface area contributed by atoms with Crippen LogP contribution in [0.3, 0.4) is 0 Å². The highest BCUT2D eigenvalue weighted by molar-refractivity contribution is 5.79. The van der Waals surface area contributed by atoms with E-state index in [-0.39, 0.29) is 17.9 Å². The molecule has 2 heterocycles. The smallest absolute Gasteiger partial charge is 0.263 e. The van der Waals surface area contributed by atoms with Crippen molar-refractivity contribution >= 4 is 16.8 Å². The summed E-state index contributed by atoms with van der Waals surface area (Å²) >= 11 is 0. The molecule has 0 aliphatic rings. The average molecular weight is 287 g/mol. The van der Waals surface area contributed by atoms with Crippen molar-refractivity contribution < 1.29 is 4.39 Å². The summed E-state index contributed by atoms with van der Waals surface area (Å²) in [6.45, 7) is 3.55. The lowest BCUT2D eigenvalue weighted by atomic mass is 9.99. The van der Waals surface area contributed by atoms with Gasteiger partial charge in [-0.15, -0.1) is 0 Å². The molecule has 0 aliphatic heterocycles. The normalized spacial score (nSPS) is 13.1. The van der Waals surface area contributed by atoms with Gasteiger partial charge in [-0.25, -0.2) is 9.38 Å². The number of para-hydroxylation sites is 2. The van der Waals surface area contributed by atoms with Gasteiger partial charge in [0, 0.05) is 17.7 Å². The van der Waals surface area contributed by atoms with Gasteiger partial charge in [-0.1, -0.05) is 26.0 Å². The Labute approximate surface area is 121 Å². The Bertz CT molecular complexity index is 850. The Morgan fingerprint density at radius 2 is 2.14 bits per heavy atom. The van der Waals surface area contributed by atoms with Gasteiger partial charge in [-0.3, -0.25) is 9.18 Å². The van der Waals surface area contributed by atoms with Gasteiger partial charge in [0.15, 0.2) is 0 Å². The van der Waals surface area contributed by atoms with E-state index >= 15 is 0 Å². The molecule has 0 fully saturated rings. The van der Waals surface area contributed by atoms with Crippen LogP contribution in [0.4, 0.5) is 4.39 Å². The van der Waals surface area contributed by atoms with Crippen molar-refractivity contribution in [3.05, 3.63) is 45.9 Å². The number of benzene rings is 1. The molecular formula is C16H18FN3O. The molecule has 0 amide bonds. The molecule has 1 aromatic carbocycles. The third-order valence-electron chi connectivity index (χ3n) is 4.04. The molecule has 0 spiro atoms. The van der Waals surface area contributed by atoms with Gasteiger partial charge in [0.1, 0.15) is 0 Å². The fourth-order valence-electron chi connectivity index (χ4n) is 2.72. The van der Waals surface area contributed by atoms with E-state index in [9.17, 15) is 9.18 Å². The zero-order valence-electron chi connectivity index (χ0n) is 12.2. The molecule has 4 nitrogen and oxygen atoms in total. The number of nitrogens with zero attached hydrogens (tertiary/aromatic N) is 2. The molecule has 21 heavy (non-hydrogen) atoms. The van der Waals surface area contributed by atoms with Crippen LogP contribution in [0, 0.1) is 0 Å². The van der Waals surface area contributed by atoms with Gasteiger partial charge in [0.05, 0.1) is 17.7 Å². The summed E-state index contributed by atoms with van der Waals surface area (Å²) in [5.41, 5.74) is 2.69. The largest absolute Gasteiger partial charge is 0.328 e. The van der Waals surface area contributed by atoms with E-state index in [0.29, 0.717) is 11.3 Å². The molecule has 0 bridgehead atoms. The Kier molecular flexibility index (Phi) is 3.49. The number of halogens is 1. The van der Waals surface area contributed by atoms with Gasteiger partial charge < -0.3 is 4.98 Å². The van der Waals surface area contributed by atoms with Gasteiger partial charge in [0.2, 0.25) is 5.78 Å². The van der Waals surface area contributed by atoms with Crippen LogP contribution in [0.5, 0.6) is 0 Å². The summed E-state index contributed by atoms with van der Waals surface area (Å²) in [5.74, 6) is 0.697. The predicted octanol–water partition coefficient (Wildman–Crippen LogP) is 3.20. The minimum Gasteiger partial charge on any atom is -0.328 e. The number of imidazole rings is 1. The summed E-state index contributed by atoms with van der Waals surface area (Å²) < 4.78 is 14.4. The topological polar surface area (TPSA) is 50.2 Å². The SMILES string of the molecule is CCC(C)c1[nH]c2nc3ccccc3n2c(=O)c1CCF. The highest BCUT2D eigenvalue weighted by Gasteiger charge is 2.18. The lowest BCUT2D eigenvalue weighted by Gasteiger charge is -2.14. The number of fused-ring (bicyclic) bond motifs is 3. The number of H-pyrrole nitrogens is 1.